The number of aliphatic hydroxyl groups excluding tert-OH is 1. The van der Waals surface area contributed by atoms with E-state index in [1.165, 1.54) is 10.8 Å². The van der Waals surface area contributed by atoms with Gasteiger partial charge in [0.2, 0.25) is 5.43 Å². The summed E-state index contributed by atoms with van der Waals surface area (Å²) in [6, 6.07) is 9.17. The van der Waals surface area contributed by atoms with Crippen LogP contribution in [0.25, 0.3) is 0 Å². The van der Waals surface area contributed by atoms with Crippen molar-refractivity contribution >= 4 is 11.8 Å². The molecule has 3 atom stereocenters. The first-order valence-electron chi connectivity index (χ1n) is 12.5. The highest BCUT2D eigenvalue weighted by atomic mass is 19.1. The van der Waals surface area contributed by atoms with Gasteiger partial charge >= 0.3 is 0 Å². The molecule has 1 unspecified atom stereocenters. The van der Waals surface area contributed by atoms with E-state index >= 15 is 0 Å². The molecule has 204 valence electrons. The van der Waals surface area contributed by atoms with Crippen LogP contribution in [0, 0.1) is 17.5 Å². The molecule has 2 amide bonds. The van der Waals surface area contributed by atoms with E-state index in [4.69, 9.17) is 4.74 Å². The van der Waals surface area contributed by atoms with Gasteiger partial charge in [-0.15, -0.1) is 0 Å². The summed E-state index contributed by atoms with van der Waals surface area (Å²) in [5.74, 6) is -5.22. The maximum Gasteiger partial charge on any atom is 0.274 e. The summed E-state index contributed by atoms with van der Waals surface area (Å²) in [4.78, 5) is 41.9. The second kappa shape index (κ2) is 10.6. The molecule has 3 heterocycles. The summed E-state index contributed by atoms with van der Waals surface area (Å²) in [6.07, 6.45) is 1.13. The summed E-state index contributed by atoms with van der Waals surface area (Å²) >= 11 is 0. The number of halogens is 3. The predicted molar refractivity (Wildman–Crippen MR) is 134 cm³/mol. The second-order valence-electron chi connectivity index (χ2n) is 9.85. The molecular weight excluding hydrogens is 515 g/mol. The van der Waals surface area contributed by atoms with E-state index in [1.54, 1.807) is 29.2 Å². The van der Waals surface area contributed by atoms with Gasteiger partial charge in [0.25, 0.3) is 11.8 Å². The van der Waals surface area contributed by atoms with E-state index in [0.29, 0.717) is 18.6 Å². The van der Waals surface area contributed by atoms with Gasteiger partial charge in [0.05, 0.1) is 12.1 Å². The number of nitrogens with zero attached hydrogens (tertiary/aromatic N) is 2. The van der Waals surface area contributed by atoms with Crippen LogP contribution < -0.4 is 15.5 Å². The molecule has 2 bridgehead atoms. The molecule has 1 aromatic heterocycles. The maximum atomic E-state index is 14.1. The number of amides is 2. The Hall–Kier alpha value is -4.12. The predicted octanol–water partition coefficient (Wildman–Crippen LogP) is 3.31. The van der Waals surface area contributed by atoms with Gasteiger partial charge < -0.3 is 24.6 Å². The lowest BCUT2D eigenvalue weighted by Crippen LogP contribution is -2.47. The van der Waals surface area contributed by atoms with Crippen LogP contribution in [-0.2, 0) is 13.2 Å². The zero-order valence-electron chi connectivity index (χ0n) is 21.0. The van der Waals surface area contributed by atoms with Crippen molar-refractivity contribution in [2.24, 2.45) is 0 Å². The fraction of sp³-hybridized carbons (Fsp3) is 0.321. The molecule has 2 aromatic carbocycles. The van der Waals surface area contributed by atoms with Crippen molar-refractivity contribution < 1.29 is 32.6 Å². The highest BCUT2D eigenvalue weighted by Crippen LogP contribution is 2.35. The van der Waals surface area contributed by atoms with Crippen molar-refractivity contribution in [2.75, 3.05) is 6.54 Å². The maximum absolute atomic E-state index is 14.1. The number of aliphatic hydroxyl groups is 1. The number of pyridine rings is 1. The number of fused-ring (bicyclic) bond motifs is 4. The Morgan fingerprint density at radius 3 is 2.49 bits per heavy atom. The molecule has 2 N–H and O–H groups in total. The summed E-state index contributed by atoms with van der Waals surface area (Å²) in [7, 11) is 0. The summed E-state index contributed by atoms with van der Waals surface area (Å²) in [5, 5.41) is 12.8. The van der Waals surface area contributed by atoms with Crippen molar-refractivity contribution in [3.63, 3.8) is 0 Å². The molecule has 0 radical (unpaired) electrons. The minimum atomic E-state index is -1.19. The fourth-order valence-corrected chi connectivity index (χ4v) is 5.17. The third-order valence-corrected chi connectivity index (χ3v) is 7.15. The number of nitrogens with one attached hydrogen (secondary N) is 1. The average Bonchev–Trinajstić information content (AvgIpc) is 3.02. The first-order chi connectivity index (χ1) is 18.6. The summed E-state index contributed by atoms with van der Waals surface area (Å²) in [5.41, 5.74) is -1.15. The second-order valence-corrected chi connectivity index (χ2v) is 9.85. The molecule has 0 spiro atoms. The number of hydrogen-bond acceptors (Lipinski definition) is 5. The van der Waals surface area contributed by atoms with E-state index in [1.807, 2.05) is 13.0 Å². The van der Waals surface area contributed by atoms with Crippen molar-refractivity contribution in [2.45, 2.75) is 51.1 Å². The SMILES string of the molecule is C[C@H]1CC(O)C[C@H]2CN1C(=O)c1c(OCc3ccccc3)c(=O)c(C(=O)NCc3c(F)cc(F)cc3F)cn12. The fourth-order valence-electron chi connectivity index (χ4n) is 5.17. The monoisotopic (exact) mass is 541 g/mol. The number of carbonyl (C=O) groups excluding carboxylic acids is 2. The Morgan fingerprint density at radius 2 is 1.79 bits per heavy atom. The number of benzene rings is 2. The lowest BCUT2D eigenvalue weighted by molar-refractivity contribution is 0.0597. The van der Waals surface area contributed by atoms with Crippen molar-refractivity contribution in [1.82, 2.24) is 14.8 Å². The van der Waals surface area contributed by atoms with Crippen LogP contribution in [0.4, 0.5) is 13.2 Å². The van der Waals surface area contributed by atoms with Gasteiger partial charge in [0, 0.05) is 43.0 Å². The summed E-state index contributed by atoms with van der Waals surface area (Å²) < 4.78 is 48.8. The smallest absolute Gasteiger partial charge is 0.274 e. The third kappa shape index (κ3) is 5.14. The third-order valence-electron chi connectivity index (χ3n) is 7.15. The molecule has 5 rings (SSSR count). The molecular formula is C28H26F3N3O5. The van der Waals surface area contributed by atoms with Gasteiger partial charge in [-0.2, -0.15) is 0 Å². The zero-order chi connectivity index (χ0) is 27.8. The number of carbonyl (C=O) groups is 2. The minimum absolute atomic E-state index is 0.0275. The number of aromatic nitrogens is 1. The standard InChI is InChI=1S/C28H26F3N3O5/c1-15-7-19(35)10-18-12-33(15)28(38)24-26(39-14-16-5-3-2-4-6-16)25(36)21(13-34(18)24)27(37)32-11-20-22(30)8-17(29)9-23(20)31/h2-6,8-9,13,15,18-19,35H,7,10-12,14H2,1H3,(H,32,37)/t15-,18-,19?/m0/s1. The topological polar surface area (TPSA) is 101 Å². The molecule has 8 nitrogen and oxygen atoms in total. The van der Waals surface area contributed by atoms with E-state index in [-0.39, 0.29) is 37.1 Å². The molecule has 1 saturated heterocycles. The minimum Gasteiger partial charge on any atom is -0.483 e. The molecule has 2 aliphatic rings. The molecule has 11 heteroatoms. The Bertz CT molecular complexity index is 1470. The highest BCUT2D eigenvalue weighted by molar-refractivity contribution is 5.99. The Morgan fingerprint density at radius 1 is 1.10 bits per heavy atom. The molecule has 0 saturated carbocycles. The molecule has 2 aliphatic heterocycles. The van der Waals surface area contributed by atoms with Crippen molar-refractivity contribution in [1.29, 1.82) is 0 Å². The van der Waals surface area contributed by atoms with E-state index in [2.05, 4.69) is 5.32 Å². The van der Waals surface area contributed by atoms with Crippen LogP contribution in [0.1, 0.15) is 57.8 Å². The Balaban J connectivity index is 1.55. The van der Waals surface area contributed by atoms with Gasteiger partial charge in [0.15, 0.2) is 11.4 Å². The molecule has 1 fully saturated rings. The molecule has 3 aromatic rings. The van der Waals surface area contributed by atoms with Crippen LogP contribution in [0.3, 0.4) is 0 Å². The van der Waals surface area contributed by atoms with Gasteiger partial charge in [-0.05, 0) is 25.3 Å². The first-order valence-corrected chi connectivity index (χ1v) is 12.5. The van der Waals surface area contributed by atoms with E-state index in [9.17, 15) is 32.7 Å². The van der Waals surface area contributed by atoms with Crippen LogP contribution in [0.2, 0.25) is 0 Å². The largest absolute Gasteiger partial charge is 0.483 e. The number of hydrogen-bond donors (Lipinski definition) is 2. The van der Waals surface area contributed by atoms with Crippen LogP contribution in [0.15, 0.2) is 53.5 Å². The number of ether oxygens (including phenoxy) is 1. The van der Waals surface area contributed by atoms with Crippen LogP contribution in [-0.4, -0.2) is 45.1 Å². The molecule has 0 aliphatic carbocycles. The van der Waals surface area contributed by atoms with Crippen LogP contribution in [0.5, 0.6) is 5.75 Å². The normalized spacial score (nSPS) is 20.3. The van der Waals surface area contributed by atoms with Gasteiger partial charge in [-0.3, -0.25) is 14.4 Å². The zero-order valence-corrected chi connectivity index (χ0v) is 21.0. The lowest BCUT2D eigenvalue weighted by Gasteiger charge is -2.37. The average molecular weight is 542 g/mol. The van der Waals surface area contributed by atoms with Gasteiger partial charge in [-0.25, -0.2) is 13.2 Å². The Labute approximate surface area is 221 Å². The quantitative estimate of drug-likeness (QED) is 0.499. The summed E-state index contributed by atoms with van der Waals surface area (Å²) in [6.45, 7) is 1.37. The first kappa shape index (κ1) is 26.5. The van der Waals surface area contributed by atoms with E-state index in [0.717, 1.165) is 5.56 Å². The van der Waals surface area contributed by atoms with E-state index < -0.39 is 64.5 Å². The van der Waals surface area contributed by atoms with Gasteiger partial charge in [0.1, 0.15) is 29.6 Å². The van der Waals surface area contributed by atoms with Gasteiger partial charge in [-0.1, -0.05) is 30.3 Å². The molecule has 39 heavy (non-hydrogen) atoms. The highest BCUT2D eigenvalue weighted by Gasteiger charge is 2.41. The lowest BCUT2D eigenvalue weighted by atomic mass is 10.0. The van der Waals surface area contributed by atoms with Crippen molar-refractivity contribution in [3.8, 4) is 5.75 Å². The number of rotatable bonds is 6. The Kier molecular flexibility index (Phi) is 7.17. The van der Waals surface area contributed by atoms with Crippen molar-refractivity contribution in [3.05, 3.63) is 98.7 Å². The van der Waals surface area contributed by atoms with Crippen LogP contribution >= 0.6 is 0 Å².